The fourth-order valence-electron chi connectivity index (χ4n) is 1.63. The maximum Gasteiger partial charge on any atom is 0.329 e. The predicted octanol–water partition coefficient (Wildman–Crippen LogP) is 3.14. The molecule has 0 fully saturated rings. The number of hydrogen-bond donors (Lipinski definition) is 1. The Balaban J connectivity index is 2.49. The van der Waals surface area contributed by atoms with E-state index < -0.39 is 10.8 Å². The van der Waals surface area contributed by atoms with E-state index in [2.05, 4.69) is 0 Å². The van der Waals surface area contributed by atoms with Gasteiger partial charge in [0.2, 0.25) is 5.75 Å². The second kappa shape index (κ2) is 5.58. The van der Waals surface area contributed by atoms with Crippen LogP contribution >= 0.6 is 11.6 Å². The molecule has 0 saturated heterocycles. The Kier molecular flexibility index (Phi) is 3.86. The number of amides is 1. The van der Waals surface area contributed by atoms with Crippen molar-refractivity contribution in [1.82, 2.24) is 0 Å². The van der Waals surface area contributed by atoms with Gasteiger partial charge in [-0.1, -0.05) is 29.8 Å². The van der Waals surface area contributed by atoms with Crippen molar-refractivity contribution in [3.05, 3.63) is 63.2 Å². The molecule has 0 aliphatic rings. The van der Waals surface area contributed by atoms with E-state index >= 15 is 0 Å². The van der Waals surface area contributed by atoms with Crippen molar-refractivity contribution in [2.24, 2.45) is 5.73 Å². The quantitative estimate of drug-likeness (QED) is 0.691. The Morgan fingerprint density at radius 3 is 2.45 bits per heavy atom. The minimum absolute atomic E-state index is 0.0518. The third-order valence-corrected chi connectivity index (χ3v) is 2.81. The maximum atomic E-state index is 11.3. The standard InChI is InChI=1S/C13H9ClN2O4/c14-9-5-3-7-11(12(9)16(18)19)20-10-6-2-1-4-8(10)13(15)17/h1-7H,(H2,15,17). The maximum absolute atomic E-state index is 11.3. The van der Waals surface area contributed by atoms with Gasteiger partial charge >= 0.3 is 5.69 Å². The lowest BCUT2D eigenvalue weighted by Crippen LogP contribution is -2.12. The zero-order valence-corrected chi connectivity index (χ0v) is 10.8. The van der Waals surface area contributed by atoms with Crippen molar-refractivity contribution >= 4 is 23.2 Å². The van der Waals surface area contributed by atoms with E-state index in [0.717, 1.165) is 0 Å². The van der Waals surface area contributed by atoms with Crippen molar-refractivity contribution in [3.63, 3.8) is 0 Å². The van der Waals surface area contributed by atoms with E-state index in [1.807, 2.05) is 0 Å². The van der Waals surface area contributed by atoms with Crippen LogP contribution in [0.1, 0.15) is 10.4 Å². The highest BCUT2D eigenvalue weighted by Gasteiger charge is 2.21. The molecule has 7 heteroatoms. The molecule has 0 atom stereocenters. The molecule has 102 valence electrons. The summed E-state index contributed by atoms with van der Waals surface area (Å²) in [4.78, 5) is 21.6. The number of nitrogens with zero attached hydrogens (tertiary/aromatic N) is 1. The highest BCUT2D eigenvalue weighted by molar-refractivity contribution is 6.33. The van der Waals surface area contributed by atoms with E-state index in [9.17, 15) is 14.9 Å². The Morgan fingerprint density at radius 2 is 1.80 bits per heavy atom. The Labute approximate surface area is 118 Å². The van der Waals surface area contributed by atoms with Crippen molar-refractivity contribution in [2.45, 2.75) is 0 Å². The number of nitro groups is 1. The topological polar surface area (TPSA) is 95.5 Å². The van der Waals surface area contributed by atoms with Gasteiger partial charge in [-0.2, -0.15) is 0 Å². The molecule has 0 bridgehead atoms. The molecular formula is C13H9ClN2O4. The summed E-state index contributed by atoms with van der Waals surface area (Å²) in [6, 6.07) is 10.5. The zero-order valence-electron chi connectivity index (χ0n) is 10.1. The minimum atomic E-state index is -0.690. The first-order valence-electron chi connectivity index (χ1n) is 5.50. The number of carbonyl (C=O) groups is 1. The summed E-state index contributed by atoms with van der Waals surface area (Å²) in [5, 5.41) is 10.9. The molecule has 2 aromatic rings. The highest BCUT2D eigenvalue weighted by Crippen LogP contribution is 2.37. The molecular weight excluding hydrogens is 284 g/mol. The summed E-state index contributed by atoms with van der Waals surface area (Å²) in [6.07, 6.45) is 0. The number of rotatable bonds is 4. The average Bonchev–Trinajstić information content (AvgIpc) is 2.38. The second-order valence-electron chi connectivity index (χ2n) is 3.81. The molecule has 0 radical (unpaired) electrons. The first kappa shape index (κ1) is 13.8. The highest BCUT2D eigenvalue weighted by atomic mass is 35.5. The van der Waals surface area contributed by atoms with Gasteiger partial charge in [-0.25, -0.2) is 0 Å². The van der Waals surface area contributed by atoms with Gasteiger partial charge in [0.05, 0.1) is 10.5 Å². The van der Waals surface area contributed by atoms with Crippen LogP contribution in [0.25, 0.3) is 0 Å². The molecule has 0 aliphatic carbocycles. The smallest absolute Gasteiger partial charge is 0.329 e. The molecule has 2 rings (SSSR count). The van der Waals surface area contributed by atoms with Gasteiger partial charge in [0.25, 0.3) is 5.91 Å². The van der Waals surface area contributed by atoms with E-state index in [4.69, 9.17) is 22.1 Å². The fraction of sp³-hybridized carbons (Fsp3) is 0. The van der Waals surface area contributed by atoms with Gasteiger partial charge in [0.15, 0.2) is 0 Å². The normalized spacial score (nSPS) is 10.1. The molecule has 0 aliphatic heterocycles. The number of carbonyl (C=O) groups excluding carboxylic acids is 1. The van der Waals surface area contributed by atoms with Crippen LogP contribution in [-0.4, -0.2) is 10.8 Å². The summed E-state index contributed by atoms with van der Waals surface area (Å²) < 4.78 is 5.42. The Hall–Kier alpha value is -2.60. The van der Waals surface area contributed by atoms with Crippen LogP contribution < -0.4 is 10.5 Å². The van der Waals surface area contributed by atoms with Crippen molar-refractivity contribution < 1.29 is 14.5 Å². The van der Waals surface area contributed by atoms with Crippen LogP contribution in [0.2, 0.25) is 5.02 Å². The SMILES string of the molecule is NC(=O)c1ccccc1Oc1cccc(Cl)c1[N+](=O)[O-]. The number of primary amides is 1. The number of nitrogens with two attached hydrogens (primary N) is 1. The van der Waals surface area contributed by atoms with E-state index in [0.29, 0.717) is 0 Å². The number of halogens is 1. The molecule has 6 nitrogen and oxygen atoms in total. The van der Waals surface area contributed by atoms with Crippen molar-refractivity contribution in [1.29, 1.82) is 0 Å². The number of ether oxygens (including phenoxy) is 1. The largest absolute Gasteiger partial charge is 0.449 e. The molecule has 1 amide bonds. The lowest BCUT2D eigenvalue weighted by atomic mass is 10.2. The van der Waals surface area contributed by atoms with Crippen molar-refractivity contribution in [2.75, 3.05) is 0 Å². The first-order valence-corrected chi connectivity index (χ1v) is 5.88. The van der Waals surface area contributed by atoms with Gasteiger partial charge in [-0.3, -0.25) is 14.9 Å². The van der Waals surface area contributed by atoms with E-state index in [1.165, 1.54) is 30.3 Å². The molecule has 0 saturated carbocycles. The second-order valence-corrected chi connectivity index (χ2v) is 4.21. The van der Waals surface area contributed by atoms with Crippen molar-refractivity contribution in [3.8, 4) is 11.5 Å². The Bertz CT molecular complexity index is 688. The lowest BCUT2D eigenvalue weighted by Gasteiger charge is -2.09. The zero-order chi connectivity index (χ0) is 14.7. The predicted molar refractivity (Wildman–Crippen MR) is 73.1 cm³/mol. The number of nitro benzene ring substituents is 1. The number of hydrogen-bond acceptors (Lipinski definition) is 4. The lowest BCUT2D eigenvalue weighted by molar-refractivity contribution is -0.385. The van der Waals surface area contributed by atoms with Crippen LogP contribution in [-0.2, 0) is 0 Å². The summed E-state index contributed by atoms with van der Waals surface area (Å²) in [6.45, 7) is 0. The Morgan fingerprint density at radius 1 is 1.15 bits per heavy atom. The molecule has 0 aromatic heterocycles. The molecule has 0 heterocycles. The van der Waals surface area contributed by atoms with Gasteiger partial charge < -0.3 is 10.5 Å². The third kappa shape index (κ3) is 2.70. The third-order valence-electron chi connectivity index (χ3n) is 2.50. The molecule has 20 heavy (non-hydrogen) atoms. The summed E-state index contributed by atoms with van der Waals surface area (Å²) >= 11 is 5.78. The monoisotopic (exact) mass is 292 g/mol. The molecule has 2 aromatic carbocycles. The van der Waals surface area contributed by atoms with Gasteiger partial charge in [-0.15, -0.1) is 0 Å². The van der Waals surface area contributed by atoms with Gasteiger partial charge in [0, 0.05) is 0 Å². The fourth-order valence-corrected chi connectivity index (χ4v) is 1.87. The van der Waals surface area contributed by atoms with E-state index in [1.54, 1.807) is 12.1 Å². The number of benzene rings is 2. The molecule has 2 N–H and O–H groups in total. The summed E-state index contributed by atoms with van der Waals surface area (Å²) in [7, 11) is 0. The van der Waals surface area contributed by atoms with Crippen LogP contribution in [0.4, 0.5) is 5.69 Å². The van der Waals surface area contributed by atoms with Crippen LogP contribution in [0, 0.1) is 10.1 Å². The van der Waals surface area contributed by atoms with Gasteiger partial charge in [0.1, 0.15) is 10.8 Å². The first-order chi connectivity index (χ1) is 9.50. The summed E-state index contributed by atoms with van der Waals surface area (Å²) in [5.41, 5.74) is 4.98. The minimum Gasteiger partial charge on any atom is -0.449 e. The summed E-state index contributed by atoms with van der Waals surface area (Å²) in [5.74, 6) is -0.619. The van der Waals surface area contributed by atoms with Crippen LogP contribution in [0.15, 0.2) is 42.5 Å². The molecule has 0 spiro atoms. The average molecular weight is 293 g/mol. The number of para-hydroxylation sites is 2. The van der Waals surface area contributed by atoms with E-state index in [-0.39, 0.29) is 27.8 Å². The molecule has 0 unspecified atom stereocenters. The van der Waals surface area contributed by atoms with Gasteiger partial charge in [-0.05, 0) is 24.3 Å². The van der Waals surface area contributed by atoms with Crippen LogP contribution in [0.3, 0.4) is 0 Å². The van der Waals surface area contributed by atoms with Crippen LogP contribution in [0.5, 0.6) is 11.5 Å².